The molecule has 4 nitrogen and oxygen atoms in total. The third-order valence-corrected chi connectivity index (χ3v) is 2.60. The monoisotopic (exact) mass is 190 g/mol. The van der Waals surface area contributed by atoms with Crippen LogP contribution in [0.1, 0.15) is 25.2 Å². The summed E-state index contributed by atoms with van der Waals surface area (Å²) < 4.78 is 0. The molecule has 0 aromatic carbocycles. The summed E-state index contributed by atoms with van der Waals surface area (Å²) in [5, 5.41) is 7.21. The highest BCUT2D eigenvalue weighted by molar-refractivity contribution is 5.95. The maximum absolute atomic E-state index is 4.50. The summed E-state index contributed by atoms with van der Waals surface area (Å²) in [5.41, 5.74) is 3.81. The van der Waals surface area contributed by atoms with Crippen LogP contribution < -0.4 is 0 Å². The first-order valence-corrected chi connectivity index (χ1v) is 4.70. The molecular weight excluding hydrogens is 176 g/mol. The molecule has 0 saturated heterocycles. The predicted molar refractivity (Wildman–Crippen MR) is 57.5 cm³/mol. The van der Waals surface area contributed by atoms with E-state index in [9.17, 15) is 0 Å². The summed E-state index contributed by atoms with van der Waals surface area (Å²) in [4.78, 5) is 6.44. The molecule has 1 aliphatic heterocycles. The fourth-order valence-corrected chi connectivity index (χ4v) is 1.53. The van der Waals surface area contributed by atoms with Crippen molar-refractivity contribution >= 4 is 17.2 Å². The first-order valence-electron chi connectivity index (χ1n) is 4.70. The minimum absolute atomic E-state index is 0.870. The van der Waals surface area contributed by atoms with Crippen LogP contribution in [0.15, 0.2) is 11.6 Å². The summed E-state index contributed by atoms with van der Waals surface area (Å²) in [6, 6.07) is 0. The number of H-pyrrole nitrogens is 1. The van der Waals surface area contributed by atoms with E-state index >= 15 is 0 Å². The van der Waals surface area contributed by atoms with Crippen LogP contribution in [0.3, 0.4) is 0 Å². The number of hydrogen-bond donors (Lipinski definition) is 1. The van der Waals surface area contributed by atoms with Gasteiger partial charge >= 0.3 is 0 Å². The molecule has 1 aromatic heterocycles. The molecule has 4 heteroatoms. The van der Waals surface area contributed by atoms with Gasteiger partial charge in [-0.15, -0.1) is 0 Å². The highest BCUT2D eigenvalue weighted by atomic mass is 15.2. The number of nitrogens with one attached hydrogen (secondary N) is 1. The Morgan fingerprint density at radius 1 is 1.50 bits per heavy atom. The average molecular weight is 190 g/mol. The summed E-state index contributed by atoms with van der Waals surface area (Å²) in [6.07, 6.45) is 0.913. The fourth-order valence-electron chi connectivity index (χ4n) is 1.53. The zero-order valence-corrected chi connectivity index (χ0v) is 8.76. The molecule has 0 unspecified atom stereocenters. The van der Waals surface area contributed by atoms with Gasteiger partial charge in [0.2, 0.25) is 0 Å². The molecule has 0 amide bonds. The quantitative estimate of drug-likeness (QED) is 0.735. The van der Waals surface area contributed by atoms with E-state index in [0.29, 0.717) is 0 Å². The molecule has 1 N–H and O–H groups in total. The second-order valence-corrected chi connectivity index (χ2v) is 3.42. The van der Waals surface area contributed by atoms with Gasteiger partial charge < -0.3 is 4.90 Å². The largest absolute Gasteiger partial charge is 0.332 e. The topological polar surface area (TPSA) is 44.3 Å². The molecule has 2 rings (SSSR count). The molecular formula is C10H14N4. The smallest absolute Gasteiger partial charge is 0.134 e. The van der Waals surface area contributed by atoms with E-state index in [0.717, 1.165) is 35.0 Å². The van der Waals surface area contributed by atoms with Crippen LogP contribution in [0.2, 0.25) is 0 Å². The fraction of sp³-hybridized carbons (Fsp3) is 0.400. The molecule has 0 bridgehead atoms. The van der Waals surface area contributed by atoms with Crippen molar-refractivity contribution in [1.82, 2.24) is 15.1 Å². The van der Waals surface area contributed by atoms with Crippen LogP contribution in [0.5, 0.6) is 0 Å². The average Bonchev–Trinajstić information content (AvgIpc) is 2.57. The third-order valence-electron chi connectivity index (χ3n) is 2.60. The Labute approximate surface area is 83.3 Å². The van der Waals surface area contributed by atoms with Crippen molar-refractivity contribution in [2.75, 3.05) is 7.05 Å². The number of amidine groups is 1. The van der Waals surface area contributed by atoms with E-state index in [1.165, 1.54) is 0 Å². The van der Waals surface area contributed by atoms with Crippen LogP contribution in [0, 0.1) is 0 Å². The van der Waals surface area contributed by atoms with E-state index in [1.807, 2.05) is 18.9 Å². The van der Waals surface area contributed by atoms with E-state index in [1.54, 1.807) is 0 Å². The van der Waals surface area contributed by atoms with Gasteiger partial charge in [0.15, 0.2) is 0 Å². The van der Waals surface area contributed by atoms with Crippen molar-refractivity contribution in [3.8, 4) is 0 Å². The molecule has 2 heterocycles. The number of aromatic amines is 1. The van der Waals surface area contributed by atoms with Crippen LogP contribution in [-0.2, 0) is 6.42 Å². The van der Waals surface area contributed by atoms with Crippen LogP contribution in [0.4, 0.5) is 5.69 Å². The third kappa shape index (κ3) is 1.07. The normalized spacial score (nSPS) is 15.5. The van der Waals surface area contributed by atoms with Gasteiger partial charge in [-0.25, -0.2) is 4.99 Å². The Hall–Kier alpha value is -1.58. The maximum atomic E-state index is 4.50. The van der Waals surface area contributed by atoms with E-state index in [4.69, 9.17) is 0 Å². The van der Waals surface area contributed by atoms with Crippen molar-refractivity contribution in [3.05, 3.63) is 18.0 Å². The molecule has 1 aliphatic rings. The molecule has 0 aliphatic carbocycles. The zero-order chi connectivity index (χ0) is 10.3. The van der Waals surface area contributed by atoms with Gasteiger partial charge in [0.1, 0.15) is 17.2 Å². The molecule has 0 radical (unpaired) electrons. The van der Waals surface area contributed by atoms with Crippen molar-refractivity contribution in [3.63, 3.8) is 0 Å². The highest BCUT2D eigenvalue weighted by Gasteiger charge is 2.22. The SMILES string of the molecule is C=C1c2n[nH]c(CC)c2N=C(C)N1C. The van der Waals surface area contributed by atoms with Crippen LogP contribution >= 0.6 is 0 Å². The first kappa shape index (κ1) is 8.99. The van der Waals surface area contributed by atoms with Gasteiger partial charge in [-0.1, -0.05) is 13.5 Å². The van der Waals surface area contributed by atoms with Crippen LogP contribution in [-0.4, -0.2) is 28.0 Å². The molecule has 0 fully saturated rings. The number of nitrogens with zero attached hydrogens (tertiary/aromatic N) is 3. The Kier molecular flexibility index (Phi) is 1.91. The molecule has 0 saturated carbocycles. The molecule has 1 aromatic rings. The molecule has 14 heavy (non-hydrogen) atoms. The minimum atomic E-state index is 0.870. The number of aliphatic imine (C=N–C) groups is 1. The second-order valence-electron chi connectivity index (χ2n) is 3.42. The van der Waals surface area contributed by atoms with Gasteiger partial charge in [-0.2, -0.15) is 5.10 Å². The van der Waals surface area contributed by atoms with Gasteiger partial charge in [0, 0.05) is 7.05 Å². The van der Waals surface area contributed by atoms with Gasteiger partial charge in [0.05, 0.1) is 11.4 Å². The lowest BCUT2D eigenvalue weighted by Gasteiger charge is -2.24. The Bertz CT molecular complexity index is 414. The Morgan fingerprint density at radius 3 is 2.86 bits per heavy atom. The lowest BCUT2D eigenvalue weighted by molar-refractivity contribution is 0.701. The summed E-state index contributed by atoms with van der Waals surface area (Å²) in [5.74, 6) is 0.957. The van der Waals surface area contributed by atoms with E-state index < -0.39 is 0 Å². The van der Waals surface area contributed by atoms with Gasteiger partial charge in [-0.05, 0) is 13.3 Å². The Balaban J connectivity index is 2.60. The lowest BCUT2D eigenvalue weighted by Crippen LogP contribution is -2.24. The predicted octanol–water partition coefficient (Wildman–Crippen LogP) is 1.94. The van der Waals surface area contributed by atoms with Crippen molar-refractivity contribution in [1.29, 1.82) is 0 Å². The lowest BCUT2D eigenvalue weighted by atomic mass is 10.2. The van der Waals surface area contributed by atoms with Gasteiger partial charge in [-0.3, -0.25) is 5.10 Å². The number of rotatable bonds is 1. The van der Waals surface area contributed by atoms with E-state index in [-0.39, 0.29) is 0 Å². The Morgan fingerprint density at radius 2 is 2.21 bits per heavy atom. The highest BCUT2D eigenvalue weighted by Crippen LogP contribution is 2.33. The van der Waals surface area contributed by atoms with Crippen molar-refractivity contribution in [2.45, 2.75) is 20.3 Å². The summed E-state index contributed by atoms with van der Waals surface area (Å²) >= 11 is 0. The van der Waals surface area contributed by atoms with Crippen molar-refractivity contribution in [2.24, 2.45) is 4.99 Å². The number of aromatic nitrogens is 2. The molecule has 0 spiro atoms. The molecule has 74 valence electrons. The summed E-state index contributed by atoms with van der Waals surface area (Å²) in [6.45, 7) is 8.05. The number of hydrogen-bond acceptors (Lipinski definition) is 3. The van der Waals surface area contributed by atoms with Crippen LogP contribution in [0.25, 0.3) is 5.70 Å². The second kappa shape index (κ2) is 2.97. The van der Waals surface area contributed by atoms with Gasteiger partial charge in [0.25, 0.3) is 0 Å². The maximum Gasteiger partial charge on any atom is 0.134 e. The number of fused-ring (bicyclic) bond motifs is 1. The molecule has 0 atom stereocenters. The summed E-state index contributed by atoms with van der Waals surface area (Å²) in [7, 11) is 1.95. The zero-order valence-electron chi connectivity index (χ0n) is 8.76. The standard InChI is InChI=1S/C10H14N4/c1-5-8-10-9(13-12-8)6(2)14(4)7(3)11-10/h2,5H2,1,3-4H3,(H,12,13). The minimum Gasteiger partial charge on any atom is -0.332 e. The van der Waals surface area contributed by atoms with E-state index in [2.05, 4.69) is 28.7 Å². The van der Waals surface area contributed by atoms with Crippen molar-refractivity contribution < 1.29 is 0 Å². The first-order chi connectivity index (χ1) is 6.65. The number of aryl methyl sites for hydroxylation is 1.